The minimum atomic E-state index is -0.489. The van der Waals surface area contributed by atoms with E-state index in [1.165, 1.54) is 30.7 Å². The summed E-state index contributed by atoms with van der Waals surface area (Å²) in [6, 6.07) is 5.55. The van der Waals surface area contributed by atoms with E-state index in [1.54, 1.807) is 16.4 Å². The summed E-state index contributed by atoms with van der Waals surface area (Å²) in [5.41, 5.74) is 1.10. The zero-order chi connectivity index (χ0) is 23.2. The Morgan fingerprint density at radius 2 is 1.94 bits per heavy atom. The molecule has 3 heterocycles. The number of nitrogens with zero attached hydrogens (tertiary/aromatic N) is 6. The summed E-state index contributed by atoms with van der Waals surface area (Å²) in [4.78, 5) is 34.6. The van der Waals surface area contributed by atoms with Gasteiger partial charge in [0.05, 0.1) is 23.1 Å². The van der Waals surface area contributed by atoms with E-state index in [-0.39, 0.29) is 11.6 Å². The topological polar surface area (TPSA) is 119 Å². The zero-order valence-corrected chi connectivity index (χ0v) is 19.4. The molecule has 3 aromatic rings. The molecule has 1 aliphatic heterocycles. The fourth-order valence-electron chi connectivity index (χ4n) is 3.80. The van der Waals surface area contributed by atoms with Gasteiger partial charge in [-0.2, -0.15) is 5.10 Å². The average Bonchev–Trinajstić information content (AvgIpc) is 3.25. The van der Waals surface area contributed by atoms with E-state index in [4.69, 9.17) is 9.97 Å². The number of non-ortho nitro benzene ring substituents is 1. The lowest BCUT2D eigenvalue weighted by Crippen LogP contribution is -2.30. The van der Waals surface area contributed by atoms with E-state index in [0.717, 1.165) is 60.1 Å². The molecule has 1 N–H and O–H groups in total. The lowest BCUT2D eigenvalue weighted by Gasteiger charge is -2.28. The fraction of sp³-hybridized carbons (Fsp3) is 0.455. The summed E-state index contributed by atoms with van der Waals surface area (Å²) >= 11 is 1.65. The molecule has 33 heavy (non-hydrogen) atoms. The maximum atomic E-state index is 12.4. The summed E-state index contributed by atoms with van der Waals surface area (Å²) in [5, 5.41) is 19.8. The summed E-state index contributed by atoms with van der Waals surface area (Å²) in [5.74, 6) is 1.60. The van der Waals surface area contributed by atoms with Crippen molar-refractivity contribution in [2.45, 2.75) is 44.3 Å². The highest BCUT2D eigenvalue weighted by Gasteiger charge is 2.20. The Morgan fingerprint density at radius 1 is 1.18 bits per heavy atom. The van der Waals surface area contributed by atoms with Crippen LogP contribution in [0.1, 0.15) is 43.0 Å². The first-order valence-corrected chi connectivity index (χ1v) is 12.2. The number of nitro groups is 1. The molecule has 0 radical (unpaired) electrons. The van der Waals surface area contributed by atoms with Crippen molar-refractivity contribution in [3.63, 3.8) is 0 Å². The SMILES string of the molecule is CCCSc1nc(N2CCCCC2)c2cnn(CCNC(=O)c3ccc([N+](=O)[O-])cc3)c2n1. The van der Waals surface area contributed by atoms with Gasteiger partial charge in [0.2, 0.25) is 0 Å². The van der Waals surface area contributed by atoms with Crippen molar-refractivity contribution >= 4 is 40.2 Å². The van der Waals surface area contributed by atoms with Crippen molar-refractivity contribution in [1.29, 1.82) is 0 Å². The van der Waals surface area contributed by atoms with E-state index in [9.17, 15) is 14.9 Å². The summed E-state index contributed by atoms with van der Waals surface area (Å²) in [7, 11) is 0. The molecule has 0 aliphatic carbocycles. The molecule has 0 spiro atoms. The van der Waals surface area contributed by atoms with Gasteiger partial charge in [-0.3, -0.25) is 14.9 Å². The van der Waals surface area contributed by atoms with Crippen LogP contribution in [0.15, 0.2) is 35.6 Å². The lowest BCUT2D eigenvalue weighted by molar-refractivity contribution is -0.384. The number of carbonyl (C=O) groups is 1. The number of hydrogen-bond acceptors (Lipinski definition) is 8. The molecule has 0 saturated carbocycles. The van der Waals surface area contributed by atoms with Crippen molar-refractivity contribution in [3.8, 4) is 0 Å². The van der Waals surface area contributed by atoms with Crippen LogP contribution in [0.25, 0.3) is 11.0 Å². The molecular weight excluding hydrogens is 442 g/mol. The number of benzene rings is 1. The van der Waals surface area contributed by atoms with Gasteiger partial charge >= 0.3 is 0 Å². The highest BCUT2D eigenvalue weighted by molar-refractivity contribution is 7.99. The third-order valence-corrected chi connectivity index (χ3v) is 6.55. The Kier molecular flexibility index (Phi) is 7.38. The third kappa shape index (κ3) is 5.41. The van der Waals surface area contributed by atoms with E-state index < -0.39 is 4.92 Å². The van der Waals surface area contributed by atoms with Gasteiger partial charge in [-0.1, -0.05) is 18.7 Å². The van der Waals surface area contributed by atoms with Crippen LogP contribution in [0.4, 0.5) is 11.5 Å². The summed E-state index contributed by atoms with van der Waals surface area (Å²) in [6.07, 6.45) is 6.41. The molecule has 1 amide bonds. The number of fused-ring (bicyclic) bond motifs is 1. The first-order chi connectivity index (χ1) is 16.1. The first-order valence-electron chi connectivity index (χ1n) is 11.2. The number of aromatic nitrogens is 4. The number of thioether (sulfide) groups is 1. The zero-order valence-electron chi connectivity index (χ0n) is 18.6. The minimum Gasteiger partial charge on any atom is -0.356 e. The predicted octanol–water partition coefficient (Wildman–Crippen LogP) is 3.66. The van der Waals surface area contributed by atoms with E-state index in [0.29, 0.717) is 18.7 Å². The minimum absolute atomic E-state index is 0.0458. The molecule has 174 valence electrons. The molecular formula is C22H27N7O3S. The number of anilines is 1. The smallest absolute Gasteiger partial charge is 0.269 e. The van der Waals surface area contributed by atoms with Gasteiger partial charge in [-0.25, -0.2) is 14.6 Å². The monoisotopic (exact) mass is 469 g/mol. The third-order valence-electron chi connectivity index (χ3n) is 5.50. The number of hydrogen-bond donors (Lipinski definition) is 1. The van der Waals surface area contributed by atoms with E-state index in [2.05, 4.69) is 22.2 Å². The number of nitrogens with one attached hydrogen (secondary N) is 1. The van der Waals surface area contributed by atoms with Gasteiger partial charge in [0.15, 0.2) is 10.8 Å². The van der Waals surface area contributed by atoms with Crippen molar-refractivity contribution in [1.82, 2.24) is 25.1 Å². The van der Waals surface area contributed by atoms with Crippen LogP contribution < -0.4 is 10.2 Å². The number of rotatable bonds is 9. The Bertz CT molecular complexity index is 1130. The molecule has 1 aliphatic rings. The standard InChI is InChI=1S/C22H27N7O3S/c1-2-14-33-22-25-19(27-11-4-3-5-12-27)18-15-24-28(20(18)26-22)13-10-23-21(30)16-6-8-17(9-7-16)29(31)32/h6-9,15H,2-5,10-14H2,1H3,(H,23,30). The van der Waals surface area contributed by atoms with Crippen LogP contribution in [-0.2, 0) is 6.54 Å². The Labute approximate surface area is 195 Å². The summed E-state index contributed by atoms with van der Waals surface area (Å²) in [6.45, 7) is 4.92. The Morgan fingerprint density at radius 3 is 2.64 bits per heavy atom. The average molecular weight is 470 g/mol. The second-order valence-corrected chi connectivity index (χ2v) is 8.95. The van der Waals surface area contributed by atoms with E-state index in [1.807, 2.05) is 6.20 Å². The number of carbonyl (C=O) groups excluding carboxylic acids is 1. The molecule has 10 nitrogen and oxygen atoms in total. The number of piperidine rings is 1. The van der Waals surface area contributed by atoms with Crippen molar-refractivity contribution in [2.24, 2.45) is 0 Å². The molecule has 2 aromatic heterocycles. The molecule has 0 atom stereocenters. The highest BCUT2D eigenvalue weighted by Crippen LogP contribution is 2.29. The molecule has 1 aromatic carbocycles. The molecule has 1 fully saturated rings. The van der Waals surface area contributed by atoms with Crippen LogP contribution in [0.2, 0.25) is 0 Å². The number of amides is 1. The van der Waals surface area contributed by atoms with Crippen molar-refractivity contribution in [3.05, 3.63) is 46.1 Å². The van der Waals surface area contributed by atoms with Crippen LogP contribution in [-0.4, -0.2) is 56.0 Å². The Balaban J connectivity index is 1.49. The normalized spacial score (nSPS) is 13.9. The van der Waals surface area contributed by atoms with Crippen LogP contribution in [0.5, 0.6) is 0 Å². The van der Waals surface area contributed by atoms with Crippen molar-refractivity contribution < 1.29 is 9.72 Å². The van der Waals surface area contributed by atoms with Gasteiger partial charge in [0.1, 0.15) is 5.82 Å². The molecule has 1 saturated heterocycles. The molecule has 0 bridgehead atoms. The summed E-state index contributed by atoms with van der Waals surface area (Å²) < 4.78 is 1.80. The largest absolute Gasteiger partial charge is 0.356 e. The quantitative estimate of drug-likeness (QED) is 0.218. The highest BCUT2D eigenvalue weighted by atomic mass is 32.2. The predicted molar refractivity (Wildman–Crippen MR) is 128 cm³/mol. The maximum absolute atomic E-state index is 12.4. The van der Waals surface area contributed by atoms with Crippen molar-refractivity contribution in [2.75, 3.05) is 30.3 Å². The molecule has 11 heteroatoms. The number of nitro benzene ring substituents is 1. The van der Waals surface area contributed by atoms with Crippen LogP contribution in [0, 0.1) is 10.1 Å². The second kappa shape index (κ2) is 10.6. The second-order valence-electron chi connectivity index (χ2n) is 7.89. The van der Waals surface area contributed by atoms with Gasteiger partial charge in [-0.15, -0.1) is 0 Å². The van der Waals surface area contributed by atoms with Gasteiger partial charge in [-0.05, 0) is 37.8 Å². The Hall–Kier alpha value is -3.21. The fourth-order valence-corrected chi connectivity index (χ4v) is 4.49. The maximum Gasteiger partial charge on any atom is 0.269 e. The van der Waals surface area contributed by atoms with Crippen LogP contribution in [0.3, 0.4) is 0 Å². The van der Waals surface area contributed by atoms with Gasteiger partial charge in [0, 0.05) is 43.1 Å². The molecule has 4 rings (SSSR count). The van der Waals surface area contributed by atoms with Gasteiger partial charge in [0.25, 0.3) is 11.6 Å². The van der Waals surface area contributed by atoms with E-state index >= 15 is 0 Å². The van der Waals surface area contributed by atoms with Crippen LogP contribution >= 0.6 is 11.8 Å². The van der Waals surface area contributed by atoms with Gasteiger partial charge < -0.3 is 10.2 Å². The molecule has 0 unspecified atom stereocenters. The lowest BCUT2D eigenvalue weighted by atomic mass is 10.1. The first kappa shape index (κ1) is 23.0.